The molecule has 2 atom stereocenters. The third kappa shape index (κ3) is 2.05. The number of aromatic nitrogens is 2. The summed E-state index contributed by atoms with van der Waals surface area (Å²) >= 11 is 1.60. The highest BCUT2D eigenvalue weighted by Crippen LogP contribution is 2.32. The minimum atomic E-state index is -0.701. The van der Waals surface area contributed by atoms with Crippen LogP contribution in [-0.4, -0.2) is 20.7 Å². The van der Waals surface area contributed by atoms with Gasteiger partial charge >= 0.3 is 5.69 Å². The topological polar surface area (TPSA) is 70.1 Å². The van der Waals surface area contributed by atoms with Crippen molar-refractivity contribution < 1.29 is 9.13 Å². The quantitative estimate of drug-likeness (QED) is 0.840. The molecule has 1 aliphatic heterocycles. The lowest BCUT2D eigenvalue weighted by molar-refractivity contribution is 0.0142. The minimum Gasteiger partial charge on any atom is -0.381 e. The van der Waals surface area contributed by atoms with Crippen LogP contribution in [0.15, 0.2) is 11.0 Å². The van der Waals surface area contributed by atoms with Gasteiger partial charge in [0.2, 0.25) is 0 Å². The zero-order valence-corrected chi connectivity index (χ0v) is 9.54. The fourth-order valence-corrected chi connectivity index (χ4v) is 2.53. The van der Waals surface area contributed by atoms with E-state index in [4.69, 9.17) is 10.5 Å². The van der Waals surface area contributed by atoms with Gasteiger partial charge in [0, 0.05) is 5.75 Å². The average Bonchev–Trinajstić information content (AvgIpc) is 2.71. The molecule has 0 aliphatic carbocycles. The van der Waals surface area contributed by atoms with Crippen molar-refractivity contribution in [2.24, 2.45) is 0 Å². The van der Waals surface area contributed by atoms with E-state index in [0.29, 0.717) is 5.75 Å². The summed E-state index contributed by atoms with van der Waals surface area (Å²) in [6.07, 6.45) is 1.44. The van der Waals surface area contributed by atoms with Crippen LogP contribution in [0.1, 0.15) is 19.6 Å². The molecule has 1 saturated heterocycles. The van der Waals surface area contributed by atoms with Crippen LogP contribution in [0.25, 0.3) is 0 Å². The standard InChI is InChI=1S/C9H12FN3O2S/c1-2-7-15-6(4-16-7)13-3-5(10)8(11)12-9(13)14/h3,6-7H,2,4H2,1H3,(H2,11,12,14)/t6-,7+/m0/s1. The number of nitrogen functional groups attached to an aromatic ring is 1. The van der Waals surface area contributed by atoms with E-state index in [0.717, 1.165) is 17.2 Å². The lowest BCUT2D eigenvalue weighted by atomic mass is 10.5. The average molecular weight is 245 g/mol. The van der Waals surface area contributed by atoms with Gasteiger partial charge in [-0.3, -0.25) is 4.57 Å². The molecule has 0 bridgehead atoms. The van der Waals surface area contributed by atoms with Gasteiger partial charge in [0.1, 0.15) is 11.7 Å². The van der Waals surface area contributed by atoms with E-state index < -0.39 is 17.7 Å². The molecule has 0 aromatic carbocycles. The number of nitrogens with zero attached hydrogens (tertiary/aromatic N) is 2. The Balaban J connectivity index is 2.28. The number of hydrogen-bond donors (Lipinski definition) is 1. The molecule has 0 spiro atoms. The van der Waals surface area contributed by atoms with E-state index in [9.17, 15) is 9.18 Å². The highest BCUT2D eigenvalue weighted by molar-refractivity contribution is 7.99. The van der Waals surface area contributed by atoms with Gasteiger partial charge in [-0.05, 0) is 6.42 Å². The van der Waals surface area contributed by atoms with E-state index in [1.165, 1.54) is 0 Å². The summed E-state index contributed by atoms with van der Waals surface area (Å²) in [6, 6.07) is 0. The van der Waals surface area contributed by atoms with Crippen LogP contribution in [0.3, 0.4) is 0 Å². The molecule has 2 rings (SSSR count). The Kier molecular flexibility index (Phi) is 3.15. The van der Waals surface area contributed by atoms with Crippen LogP contribution in [0, 0.1) is 5.82 Å². The van der Waals surface area contributed by atoms with E-state index >= 15 is 0 Å². The highest BCUT2D eigenvalue weighted by atomic mass is 32.2. The zero-order chi connectivity index (χ0) is 11.7. The molecule has 0 radical (unpaired) electrons. The first-order valence-corrected chi connectivity index (χ1v) is 5.98. The summed E-state index contributed by atoms with van der Waals surface area (Å²) in [7, 11) is 0. The Hall–Kier alpha value is -1.08. The van der Waals surface area contributed by atoms with Gasteiger partial charge in [0.15, 0.2) is 11.6 Å². The monoisotopic (exact) mass is 245 g/mol. The number of nitrogens with two attached hydrogens (primary N) is 1. The third-order valence-electron chi connectivity index (χ3n) is 2.31. The van der Waals surface area contributed by atoms with Crippen LogP contribution in [0.2, 0.25) is 0 Å². The summed E-state index contributed by atoms with van der Waals surface area (Å²) in [5, 5.41) is 0. The Bertz CT molecular complexity index is 451. The molecule has 0 unspecified atom stereocenters. The van der Waals surface area contributed by atoms with Crippen LogP contribution in [0.4, 0.5) is 10.2 Å². The molecule has 1 aliphatic rings. The number of hydrogen-bond acceptors (Lipinski definition) is 5. The van der Waals surface area contributed by atoms with Gasteiger partial charge < -0.3 is 10.5 Å². The molecule has 5 nitrogen and oxygen atoms in total. The molecule has 0 amide bonds. The maximum absolute atomic E-state index is 13.2. The Morgan fingerprint density at radius 2 is 2.56 bits per heavy atom. The van der Waals surface area contributed by atoms with Gasteiger partial charge in [-0.2, -0.15) is 4.98 Å². The molecule has 2 N–H and O–H groups in total. The molecule has 0 saturated carbocycles. The molecule has 2 heterocycles. The van der Waals surface area contributed by atoms with Gasteiger partial charge in [0.25, 0.3) is 0 Å². The van der Waals surface area contributed by atoms with Crippen molar-refractivity contribution in [3.63, 3.8) is 0 Å². The van der Waals surface area contributed by atoms with Gasteiger partial charge in [-0.15, -0.1) is 11.8 Å². The number of ether oxygens (including phenoxy) is 1. The number of halogens is 1. The molecular formula is C9H12FN3O2S. The first-order valence-electron chi connectivity index (χ1n) is 4.93. The van der Waals surface area contributed by atoms with Crippen molar-refractivity contribution >= 4 is 17.6 Å². The second kappa shape index (κ2) is 4.42. The van der Waals surface area contributed by atoms with Gasteiger partial charge in [0.05, 0.1) is 6.20 Å². The first-order chi connectivity index (χ1) is 7.61. The first kappa shape index (κ1) is 11.4. The molecule has 7 heteroatoms. The van der Waals surface area contributed by atoms with E-state index in [1.807, 2.05) is 6.92 Å². The largest absolute Gasteiger partial charge is 0.381 e. The second-order valence-electron chi connectivity index (χ2n) is 3.43. The van der Waals surface area contributed by atoms with Crippen LogP contribution in [-0.2, 0) is 4.74 Å². The molecule has 16 heavy (non-hydrogen) atoms. The van der Waals surface area contributed by atoms with E-state index in [-0.39, 0.29) is 11.3 Å². The van der Waals surface area contributed by atoms with Crippen molar-refractivity contribution in [3.05, 3.63) is 22.5 Å². The fourth-order valence-electron chi connectivity index (χ4n) is 1.47. The predicted octanol–water partition coefficient (Wildman–Crippen LogP) is 0.963. The summed E-state index contributed by atoms with van der Waals surface area (Å²) in [5.74, 6) is -0.462. The second-order valence-corrected chi connectivity index (χ2v) is 4.62. The maximum atomic E-state index is 13.2. The minimum absolute atomic E-state index is 0.0533. The highest BCUT2D eigenvalue weighted by Gasteiger charge is 2.27. The Labute approximate surface area is 95.8 Å². The molecule has 1 aromatic heterocycles. The molecule has 1 fully saturated rings. The van der Waals surface area contributed by atoms with Gasteiger partial charge in [-0.25, -0.2) is 9.18 Å². The van der Waals surface area contributed by atoms with E-state index in [2.05, 4.69) is 4.98 Å². The van der Waals surface area contributed by atoms with Crippen molar-refractivity contribution in [2.45, 2.75) is 25.0 Å². The number of rotatable bonds is 2. The fraction of sp³-hybridized carbons (Fsp3) is 0.556. The summed E-state index contributed by atoms with van der Waals surface area (Å²) in [4.78, 5) is 14.9. The van der Waals surface area contributed by atoms with Crippen LogP contribution in [0.5, 0.6) is 0 Å². The molecule has 1 aromatic rings. The predicted molar refractivity (Wildman–Crippen MR) is 59.5 cm³/mol. The zero-order valence-electron chi connectivity index (χ0n) is 8.72. The van der Waals surface area contributed by atoms with Crippen molar-refractivity contribution in [2.75, 3.05) is 11.5 Å². The molecule has 88 valence electrons. The van der Waals surface area contributed by atoms with Crippen LogP contribution < -0.4 is 11.4 Å². The SMILES string of the molecule is CC[C@@H]1O[C@H](n2cc(F)c(N)nc2=O)CS1. The third-order valence-corrected chi connectivity index (χ3v) is 3.61. The lowest BCUT2D eigenvalue weighted by Crippen LogP contribution is -2.29. The van der Waals surface area contributed by atoms with Crippen molar-refractivity contribution in [1.29, 1.82) is 0 Å². The van der Waals surface area contributed by atoms with Gasteiger partial charge in [-0.1, -0.05) is 6.92 Å². The van der Waals surface area contributed by atoms with Crippen molar-refractivity contribution in [3.8, 4) is 0 Å². The Morgan fingerprint density at radius 3 is 3.19 bits per heavy atom. The lowest BCUT2D eigenvalue weighted by Gasteiger charge is -2.13. The summed E-state index contributed by atoms with van der Waals surface area (Å²) in [5.41, 5.74) is 4.67. The summed E-state index contributed by atoms with van der Waals surface area (Å²) in [6.45, 7) is 1.99. The smallest absolute Gasteiger partial charge is 0.351 e. The number of thioether (sulfide) groups is 1. The maximum Gasteiger partial charge on any atom is 0.351 e. The molecular weight excluding hydrogens is 233 g/mol. The van der Waals surface area contributed by atoms with Crippen LogP contribution >= 0.6 is 11.8 Å². The summed E-state index contributed by atoms with van der Waals surface area (Å²) < 4.78 is 19.9. The normalized spacial score (nSPS) is 24.9. The van der Waals surface area contributed by atoms with E-state index in [1.54, 1.807) is 11.8 Å². The van der Waals surface area contributed by atoms with Crippen molar-refractivity contribution in [1.82, 2.24) is 9.55 Å². The Morgan fingerprint density at radius 1 is 1.81 bits per heavy atom. The number of anilines is 1.